The molecule has 1 unspecified atom stereocenters. The molecule has 132 valence electrons. The second kappa shape index (κ2) is 7.98. The van der Waals surface area contributed by atoms with Crippen molar-refractivity contribution in [2.75, 3.05) is 25.6 Å². The minimum absolute atomic E-state index is 0.120. The van der Waals surface area contributed by atoms with Gasteiger partial charge in [-0.25, -0.2) is 4.39 Å². The van der Waals surface area contributed by atoms with E-state index in [4.69, 9.17) is 14.2 Å². The third kappa shape index (κ3) is 4.48. The fourth-order valence-corrected chi connectivity index (χ4v) is 2.68. The summed E-state index contributed by atoms with van der Waals surface area (Å²) in [5.41, 5.74) is 0.689. The maximum Gasteiger partial charge on any atom is 0.259 e. The van der Waals surface area contributed by atoms with Crippen molar-refractivity contribution in [3.8, 4) is 11.5 Å². The van der Waals surface area contributed by atoms with E-state index in [-0.39, 0.29) is 11.7 Å². The number of methoxy groups -OCH3 is 1. The van der Waals surface area contributed by atoms with Crippen LogP contribution in [0.2, 0.25) is 0 Å². The molecule has 6 heteroatoms. The molecule has 1 saturated heterocycles. The van der Waals surface area contributed by atoms with Gasteiger partial charge in [-0.15, -0.1) is 0 Å². The Hall–Kier alpha value is -2.60. The van der Waals surface area contributed by atoms with Crippen LogP contribution in [0.5, 0.6) is 11.5 Å². The second-order valence-corrected chi connectivity index (χ2v) is 5.77. The number of carbonyl (C=O) groups excluding carboxylic acids is 1. The molecule has 1 aliphatic heterocycles. The summed E-state index contributed by atoms with van der Waals surface area (Å²) < 4.78 is 29.8. The first-order valence-corrected chi connectivity index (χ1v) is 8.15. The molecule has 0 saturated carbocycles. The van der Waals surface area contributed by atoms with Gasteiger partial charge in [0, 0.05) is 18.4 Å². The summed E-state index contributed by atoms with van der Waals surface area (Å²) in [6, 6.07) is 10.9. The molecule has 0 radical (unpaired) electrons. The second-order valence-electron chi connectivity index (χ2n) is 5.77. The minimum Gasteiger partial charge on any atom is -0.496 e. The van der Waals surface area contributed by atoms with Crippen LogP contribution in [0, 0.1) is 5.82 Å². The number of ether oxygens (including phenoxy) is 3. The van der Waals surface area contributed by atoms with Gasteiger partial charge in [0.2, 0.25) is 0 Å². The Morgan fingerprint density at radius 3 is 2.96 bits per heavy atom. The van der Waals surface area contributed by atoms with E-state index in [1.165, 1.54) is 19.2 Å². The summed E-state index contributed by atoms with van der Waals surface area (Å²) in [6.45, 7) is 1.26. The summed E-state index contributed by atoms with van der Waals surface area (Å²) in [5, 5.41) is 2.73. The Morgan fingerprint density at radius 1 is 1.32 bits per heavy atom. The number of amides is 1. The molecule has 1 fully saturated rings. The van der Waals surface area contributed by atoms with Crippen LogP contribution in [0.25, 0.3) is 0 Å². The van der Waals surface area contributed by atoms with E-state index < -0.39 is 11.7 Å². The van der Waals surface area contributed by atoms with Crippen molar-refractivity contribution in [2.24, 2.45) is 0 Å². The van der Waals surface area contributed by atoms with Crippen LogP contribution in [0.15, 0.2) is 42.5 Å². The first-order valence-electron chi connectivity index (χ1n) is 8.15. The van der Waals surface area contributed by atoms with E-state index >= 15 is 0 Å². The van der Waals surface area contributed by atoms with Crippen LogP contribution in [0.3, 0.4) is 0 Å². The highest BCUT2D eigenvalue weighted by atomic mass is 19.1. The Labute approximate surface area is 145 Å². The molecule has 1 heterocycles. The average molecular weight is 345 g/mol. The van der Waals surface area contributed by atoms with Gasteiger partial charge < -0.3 is 19.5 Å². The van der Waals surface area contributed by atoms with E-state index in [1.807, 2.05) is 6.07 Å². The van der Waals surface area contributed by atoms with Crippen LogP contribution in [-0.4, -0.2) is 32.3 Å². The molecule has 1 amide bonds. The van der Waals surface area contributed by atoms with Crippen molar-refractivity contribution >= 4 is 11.6 Å². The number of benzene rings is 2. The maximum atomic E-state index is 13.4. The van der Waals surface area contributed by atoms with E-state index in [0.29, 0.717) is 23.8 Å². The molecule has 1 atom stereocenters. The highest BCUT2D eigenvalue weighted by molar-refractivity contribution is 6.06. The lowest BCUT2D eigenvalue weighted by Gasteiger charge is -2.13. The number of rotatable bonds is 6. The standard InChI is InChI=1S/C19H20FNO4/c1-23-18-8-7-13(20)10-17(18)19(22)21-14-4-2-5-15(11-14)25-12-16-6-3-9-24-16/h2,4-5,7-8,10-11,16H,3,6,9,12H2,1H3,(H,21,22). The first kappa shape index (κ1) is 17.2. The van der Waals surface area contributed by atoms with Gasteiger partial charge in [0.1, 0.15) is 23.9 Å². The van der Waals surface area contributed by atoms with Crippen molar-refractivity contribution in [1.82, 2.24) is 0 Å². The van der Waals surface area contributed by atoms with Crippen molar-refractivity contribution in [1.29, 1.82) is 0 Å². The molecule has 1 aliphatic rings. The van der Waals surface area contributed by atoms with Crippen LogP contribution in [0.4, 0.5) is 10.1 Å². The highest BCUT2D eigenvalue weighted by Crippen LogP contribution is 2.23. The molecule has 0 aromatic heterocycles. The molecule has 0 aliphatic carbocycles. The quantitative estimate of drug-likeness (QED) is 0.868. The van der Waals surface area contributed by atoms with E-state index in [0.717, 1.165) is 25.5 Å². The fourth-order valence-electron chi connectivity index (χ4n) is 2.68. The summed E-state index contributed by atoms with van der Waals surface area (Å²) in [5.74, 6) is -0.00332. The predicted octanol–water partition coefficient (Wildman–Crippen LogP) is 3.64. The summed E-state index contributed by atoms with van der Waals surface area (Å²) >= 11 is 0. The zero-order valence-electron chi connectivity index (χ0n) is 14.0. The Kier molecular flexibility index (Phi) is 5.50. The van der Waals surface area contributed by atoms with Gasteiger partial charge in [-0.1, -0.05) is 6.07 Å². The van der Waals surface area contributed by atoms with E-state index in [1.54, 1.807) is 18.2 Å². The molecule has 2 aromatic carbocycles. The van der Waals surface area contributed by atoms with Gasteiger partial charge in [0.15, 0.2) is 0 Å². The minimum atomic E-state index is -0.500. The van der Waals surface area contributed by atoms with Crippen molar-refractivity contribution in [3.05, 3.63) is 53.8 Å². The maximum absolute atomic E-state index is 13.4. The van der Waals surface area contributed by atoms with Gasteiger partial charge in [0.25, 0.3) is 5.91 Å². The molecule has 2 aromatic rings. The lowest BCUT2D eigenvalue weighted by molar-refractivity contribution is 0.0680. The number of nitrogens with one attached hydrogen (secondary N) is 1. The molecule has 0 bridgehead atoms. The van der Waals surface area contributed by atoms with Crippen molar-refractivity contribution in [2.45, 2.75) is 18.9 Å². The largest absolute Gasteiger partial charge is 0.496 e. The molecule has 25 heavy (non-hydrogen) atoms. The number of hydrogen-bond donors (Lipinski definition) is 1. The van der Waals surface area contributed by atoms with Crippen molar-refractivity contribution in [3.63, 3.8) is 0 Å². The third-order valence-corrected chi connectivity index (χ3v) is 3.96. The van der Waals surface area contributed by atoms with Gasteiger partial charge in [-0.2, -0.15) is 0 Å². The average Bonchev–Trinajstić information content (AvgIpc) is 3.14. The summed E-state index contributed by atoms with van der Waals surface area (Å²) in [4.78, 5) is 12.4. The first-order chi connectivity index (χ1) is 12.2. The van der Waals surface area contributed by atoms with E-state index in [2.05, 4.69) is 5.32 Å². The zero-order valence-corrected chi connectivity index (χ0v) is 14.0. The molecule has 3 rings (SSSR count). The number of anilines is 1. The third-order valence-electron chi connectivity index (χ3n) is 3.96. The van der Waals surface area contributed by atoms with Gasteiger partial charge in [-0.3, -0.25) is 4.79 Å². The summed E-state index contributed by atoms with van der Waals surface area (Å²) in [6.07, 6.45) is 2.17. The van der Waals surface area contributed by atoms with Crippen LogP contribution < -0.4 is 14.8 Å². The molecule has 1 N–H and O–H groups in total. The highest BCUT2D eigenvalue weighted by Gasteiger charge is 2.17. The lowest BCUT2D eigenvalue weighted by atomic mass is 10.1. The summed E-state index contributed by atoms with van der Waals surface area (Å²) in [7, 11) is 1.43. The Balaban J connectivity index is 1.67. The number of halogens is 1. The topological polar surface area (TPSA) is 56.8 Å². The Morgan fingerprint density at radius 2 is 2.20 bits per heavy atom. The zero-order chi connectivity index (χ0) is 17.6. The molecule has 5 nitrogen and oxygen atoms in total. The fraction of sp³-hybridized carbons (Fsp3) is 0.316. The predicted molar refractivity (Wildman–Crippen MR) is 91.8 cm³/mol. The number of hydrogen-bond acceptors (Lipinski definition) is 4. The normalized spacial score (nSPS) is 16.5. The van der Waals surface area contributed by atoms with Crippen LogP contribution in [-0.2, 0) is 4.74 Å². The lowest BCUT2D eigenvalue weighted by Crippen LogP contribution is -2.16. The Bertz CT molecular complexity index is 744. The van der Waals surface area contributed by atoms with Gasteiger partial charge in [-0.05, 0) is 43.2 Å². The number of carbonyl (C=O) groups is 1. The van der Waals surface area contributed by atoms with Crippen molar-refractivity contribution < 1.29 is 23.4 Å². The SMILES string of the molecule is COc1ccc(F)cc1C(=O)Nc1cccc(OCC2CCCO2)c1. The van der Waals surface area contributed by atoms with Crippen LogP contribution >= 0.6 is 0 Å². The monoisotopic (exact) mass is 345 g/mol. The van der Waals surface area contributed by atoms with Gasteiger partial charge >= 0.3 is 0 Å². The smallest absolute Gasteiger partial charge is 0.259 e. The molecular weight excluding hydrogens is 325 g/mol. The van der Waals surface area contributed by atoms with E-state index in [9.17, 15) is 9.18 Å². The molecule has 0 spiro atoms. The molecular formula is C19H20FNO4. The van der Waals surface area contributed by atoms with Gasteiger partial charge in [0.05, 0.1) is 18.8 Å². The van der Waals surface area contributed by atoms with Crippen LogP contribution in [0.1, 0.15) is 23.2 Å².